The first-order chi connectivity index (χ1) is 9.65. The molecule has 0 unspecified atom stereocenters. The van der Waals surface area contributed by atoms with Crippen molar-refractivity contribution < 1.29 is 14.7 Å². The Morgan fingerprint density at radius 1 is 1.20 bits per heavy atom. The number of hydrogen-bond donors (Lipinski definition) is 3. The van der Waals surface area contributed by atoms with E-state index in [1.54, 1.807) is 0 Å². The molecule has 1 saturated carbocycles. The zero-order valence-electron chi connectivity index (χ0n) is 11.9. The second-order valence-corrected chi connectivity index (χ2v) is 5.82. The van der Waals surface area contributed by atoms with Gasteiger partial charge in [0, 0.05) is 12.6 Å². The second-order valence-electron chi connectivity index (χ2n) is 5.82. The Morgan fingerprint density at radius 2 is 1.95 bits per heavy atom. The van der Waals surface area contributed by atoms with Crippen molar-refractivity contribution in [2.45, 2.75) is 57.4 Å². The van der Waals surface area contributed by atoms with Crippen LogP contribution in [0.2, 0.25) is 0 Å². The van der Waals surface area contributed by atoms with Crippen molar-refractivity contribution in [1.82, 2.24) is 10.6 Å². The Morgan fingerprint density at radius 3 is 2.55 bits per heavy atom. The normalized spacial score (nSPS) is 26.5. The number of carbonyl (C=O) groups excluding carboxylic acids is 1. The lowest BCUT2D eigenvalue weighted by Gasteiger charge is -2.27. The smallest absolute Gasteiger partial charge is 0.315 e. The van der Waals surface area contributed by atoms with Crippen LogP contribution in [0.3, 0.4) is 0 Å². The molecule has 0 spiro atoms. The van der Waals surface area contributed by atoms with Crippen LogP contribution in [0, 0.1) is 5.92 Å². The quantitative estimate of drug-likeness (QED) is 0.692. The Kier molecular flexibility index (Phi) is 5.44. The second kappa shape index (κ2) is 7.31. The monoisotopic (exact) mass is 280 g/mol. The number of urea groups is 1. The molecule has 0 saturated heterocycles. The van der Waals surface area contributed by atoms with Gasteiger partial charge >= 0.3 is 12.0 Å². The molecular formula is C15H24N2O3. The molecule has 0 aromatic rings. The summed E-state index contributed by atoms with van der Waals surface area (Å²) in [6.45, 7) is 0.635. The highest BCUT2D eigenvalue weighted by atomic mass is 16.4. The molecule has 112 valence electrons. The van der Waals surface area contributed by atoms with Crippen molar-refractivity contribution in [2.24, 2.45) is 5.92 Å². The minimum atomic E-state index is -0.711. The molecule has 5 nitrogen and oxygen atoms in total. The topological polar surface area (TPSA) is 78.4 Å². The van der Waals surface area contributed by atoms with Gasteiger partial charge in [-0.05, 0) is 51.4 Å². The molecule has 5 heteroatoms. The molecule has 2 aliphatic rings. The summed E-state index contributed by atoms with van der Waals surface area (Å²) in [4.78, 5) is 22.7. The molecule has 3 N–H and O–H groups in total. The number of rotatable bonds is 4. The minimum absolute atomic E-state index is 0.117. The lowest BCUT2D eigenvalue weighted by atomic mass is 9.86. The molecule has 2 amide bonds. The van der Waals surface area contributed by atoms with E-state index >= 15 is 0 Å². The summed E-state index contributed by atoms with van der Waals surface area (Å²) in [5.41, 5.74) is 1.32. The van der Waals surface area contributed by atoms with Crippen LogP contribution >= 0.6 is 0 Å². The summed E-state index contributed by atoms with van der Waals surface area (Å²) in [7, 11) is 0. The van der Waals surface area contributed by atoms with Crippen molar-refractivity contribution in [3.05, 3.63) is 11.6 Å². The van der Waals surface area contributed by atoms with Gasteiger partial charge in [0.15, 0.2) is 0 Å². The van der Waals surface area contributed by atoms with E-state index in [1.807, 2.05) is 0 Å². The molecule has 0 radical (unpaired) electrons. The van der Waals surface area contributed by atoms with Crippen LogP contribution in [0.15, 0.2) is 11.6 Å². The highest BCUT2D eigenvalue weighted by Crippen LogP contribution is 2.24. The summed E-state index contributed by atoms with van der Waals surface area (Å²) in [5, 5.41) is 14.8. The molecular weight excluding hydrogens is 256 g/mol. The van der Waals surface area contributed by atoms with Gasteiger partial charge in [0.05, 0.1) is 5.92 Å². The van der Waals surface area contributed by atoms with E-state index in [-0.39, 0.29) is 18.0 Å². The predicted octanol–water partition coefficient (Wildman–Crippen LogP) is 2.43. The van der Waals surface area contributed by atoms with E-state index in [1.165, 1.54) is 18.4 Å². The van der Waals surface area contributed by atoms with E-state index < -0.39 is 5.97 Å². The van der Waals surface area contributed by atoms with Crippen LogP contribution < -0.4 is 10.6 Å². The van der Waals surface area contributed by atoms with Gasteiger partial charge in [-0.2, -0.15) is 0 Å². The highest BCUT2D eigenvalue weighted by Gasteiger charge is 2.26. The summed E-state index contributed by atoms with van der Waals surface area (Å²) in [6.07, 6.45) is 9.73. The van der Waals surface area contributed by atoms with E-state index in [9.17, 15) is 9.59 Å². The lowest BCUT2D eigenvalue weighted by molar-refractivity contribution is -0.142. The number of carbonyl (C=O) groups is 2. The Bertz CT molecular complexity index is 385. The van der Waals surface area contributed by atoms with Gasteiger partial charge < -0.3 is 15.7 Å². The molecule has 0 bridgehead atoms. The van der Waals surface area contributed by atoms with Crippen LogP contribution in [0.1, 0.15) is 51.4 Å². The summed E-state index contributed by atoms with van der Waals surface area (Å²) >= 11 is 0. The largest absolute Gasteiger partial charge is 0.481 e. The Labute approximate surface area is 119 Å². The van der Waals surface area contributed by atoms with Crippen LogP contribution in [0.5, 0.6) is 0 Å². The van der Waals surface area contributed by atoms with Crippen LogP contribution in [-0.4, -0.2) is 29.7 Å². The molecule has 1 fully saturated rings. The van der Waals surface area contributed by atoms with Gasteiger partial charge in [0.25, 0.3) is 0 Å². The molecule has 2 rings (SSSR count). The molecule has 2 aliphatic carbocycles. The first kappa shape index (κ1) is 14.9. The SMILES string of the molecule is O=C(NCC1=CCCCC1)NC1CCC(C(=O)O)CC1. The maximum absolute atomic E-state index is 11.8. The van der Waals surface area contributed by atoms with E-state index in [0.717, 1.165) is 25.7 Å². The fourth-order valence-electron chi connectivity index (χ4n) is 2.98. The molecule has 0 atom stereocenters. The molecule has 0 aliphatic heterocycles. The van der Waals surface area contributed by atoms with Crippen LogP contribution in [0.25, 0.3) is 0 Å². The number of allylic oxidation sites excluding steroid dienone is 1. The first-order valence-corrected chi connectivity index (χ1v) is 7.60. The highest BCUT2D eigenvalue weighted by molar-refractivity contribution is 5.74. The van der Waals surface area contributed by atoms with Gasteiger partial charge in [-0.25, -0.2) is 4.79 Å². The Hall–Kier alpha value is -1.52. The van der Waals surface area contributed by atoms with E-state index in [2.05, 4.69) is 16.7 Å². The summed E-state index contributed by atoms with van der Waals surface area (Å²) in [5.74, 6) is -0.944. The van der Waals surface area contributed by atoms with Crippen LogP contribution in [-0.2, 0) is 4.79 Å². The first-order valence-electron chi connectivity index (χ1n) is 7.60. The lowest BCUT2D eigenvalue weighted by Crippen LogP contribution is -2.44. The van der Waals surface area contributed by atoms with E-state index in [0.29, 0.717) is 19.4 Å². The third-order valence-electron chi connectivity index (χ3n) is 4.27. The van der Waals surface area contributed by atoms with Gasteiger partial charge in [-0.3, -0.25) is 4.79 Å². The van der Waals surface area contributed by atoms with E-state index in [4.69, 9.17) is 5.11 Å². The number of nitrogens with one attached hydrogen (secondary N) is 2. The molecule has 0 heterocycles. The van der Waals surface area contributed by atoms with Crippen molar-refractivity contribution in [1.29, 1.82) is 0 Å². The maximum Gasteiger partial charge on any atom is 0.315 e. The van der Waals surface area contributed by atoms with Gasteiger partial charge in [0.2, 0.25) is 0 Å². The van der Waals surface area contributed by atoms with Crippen molar-refractivity contribution in [3.63, 3.8) is 0 Å². The molecule has 0 aromatic carbocycles. The third kappa shape index (κ3) is 4.54. The minimum Gasteiger partial charge on any atom is -0.481 e. The third-order valence-corrected chi connectivity index (χ3v) is 4.27. The zero-order valence-corrected chi connectivity index (χ0v) is 11.9. The fraction of sp³-hybridized carbons (Fsp3) is 0.733. The number of hydrogen-bond acceptors (Lipinski definition) is 2. The van der Waals surface area contributed by atoms with Gasteiger partial charge in [-0.15, -0.1) is 0 Å². The average Bonchev–Trinajstić information content (AvgIpc) is 2.47. The van der Waals surface area contributed by atoms with Crippen molar-refractivity contribution >= 4 is 12.0 Å². The Balaban J connectivity index is 1.65. The number of carboxylic acids is 1. The molecule has 20 heavy (non-hydrogen) atoms. The fourth-order valence-corrected chi connectivity index (χ4v) is 2.98. The van der Waals surface area contributed by atoms with Crippen LogP contribution in [0.4, 0.5) is 4.79 Å². The standard InChI is InChI=1S/C15H24N2O3/c18-14(19)12-6-8-13(9-7-12)17-15(20)16-10-11-4-2-1-3-5-11/h4,12-13H,1-3,5-10H2,(H,18,19)(H2,16,17,20). The number of amides is 2. The summed E-state index contributed by atoms with van der Waals surface area (Å²) < 4.78 is 0. The zero-order chi connectivity index (χ0) is 14.4. The maximum atomic E-state index is 11.8. The van der Waals surface area contributed by atoms with Gasteiger partial charge in [-0.1, -0.05) is 11.6 Å². The number of aliphatic carboxylic acids is 1. The summed E-state index contributed by atoms with van der Waals surface area (Å²) in [6, 6.07) is -0.0128. The van der Waals surface area contributed by atoms with Crippen molar-refractivity contribution in [3.8, 4) is 0 Å². The molecule has 0 aromatic heterocycles. The number of carboxylic acid groups (broad SMARTS) is 1. The average molecular weight is 280 g/mol. The predicted molar refractivity (Wildman–Crippen MR) is 76.5 cm³/mol. The van der Waals surface area contributed by atoms with Crippen molar-refractivity contribution in [2.75, 3.05) is 6.54 Å². The van der Waals surface area contributed by atoms with Gasteiger partial charge in [0.1, 0.15) is 0 Å².